The Kier molecular flexibility index (Phi) is 6.51. The SMILES string of the molecule is C=CCSC1O[C@H](C(C)O)[C@@H](OC(C)=O)[C@H]1OC(C)=O. The Morgan fingerprint density at radius 1 is 1.35 bits per heavy atom. The number of carbonyl (C=O) groups is 2. The number of esters is 2. The molecule has 1 saturated heterocycles. The van der Waals surface area contributed by atoms with Crippen LogP contribution in [0.15, 0.2) is 12.7 Å². The predicted molar refractivity (Wildman–Crippen MR) is 74.1 cm³/mol. The zero-order valence-electron chi connectivity index (χ0n) is 11.8. The molecule has 5 atom stereocenters. The van der Waals surface area contributed by atoms with Gasteiger partial charge in [0.05, 0.1) is 6.10 Å². The average Bonchev–Trinajstić information content (AvgIpc) is 2.64. The number of thioether (sulfide) groups is 1. The molecule has 1 fully saturated rings. The Hall–Kier alpha value is -1.05. The van der Waals surface area contributed by atoms with Crippen molar-refractivity contribution in [3.63, 3.8) is 0 Å². The molecule has 1 aliphatic rings. The Bertz CT molecular complexity index is 370. The van der Waals surface area contributed by atoms with E-state index in [1.807, 2.05) is 0 Å². The monoisotopic (exact) mass is 304 g/mol. The Morgan fingerprint density at radius 2 is 1.90 bits per heavy atom. The fourth-order valence-electron chi connectivity index (χ4n) is 1.98. The minimum absolute atomic E-state index is 0.494. The van der Waals surface area contributed by atoms with E-state index in [-0.39, 0.29) is 0 Å². The normalized spacial score (nSPS) is 30.6. The summed E-state index contributed by atoms with van der Waals surface area (Å²) in [5.74, 6) is -0.427. The van der Waals surface area contributed by atoms with Crippen molar-refractivity contribution in [2.24, 2.45) is 0 Å². The maximum Gasteiger partial charge on any atom is 0.303 e. The van der Waals surface area contributed by atoms with E-state index in [1.54, 1.807) is 6.08 Å². The van der Waals surface area contributed by atoms with Gasteiger partial charge < -0.3 is 19.3 Å². The second-order valence-corrected chi connectivity index (χ2v) is 5.61. The molecule has 1 N–H and O–H groups in total. The average molecular weight is 304 g/mol. The van der Waals surface area contributed by atoms with Gasteiger partial charge in [-0.3, -0.25) is 9.59 Å². The number of aliphatic hydroxyl groups is 1. The molecule has 0 aromatic rings. The summed E-state index contributed by atoms with van der Waals surface area (Å²) in [4.78, 5) is 22.4. The van der Waals surface area contributed by atoms with Crippen LogP contribution in [0.4, 0.5) is 0 Å². The van der Waals surface area contributed by atoms with E-state index in [0.29, 0.717) is 5.75 Å². The van der Waals surface area contributed by atoms with Crippen LogP contribution in [-0.2, 0) is 23.8 Å². The van der Waals surface area contributed by atoms with E-state index in [1.165, 1.54) is 32.5 Å². The fourth-order valence-corrected chi connectivity index (χ4v) is 2.91. The number of carbonyl (C=O) groups excluding carboxylic acids is 2. The van der Waals surface area contributed by atoms with Gasteiger partial charge in [-0.2, -0.15) is 0 Å². The summed E-state index contributed by atoms with van der Waals surface area (Å²) in [7, 11) is 0. The van der Waals surface area contributed by atoms with E-state index >= 15 is 0 Å². The van der Waals surface area contributed by atoms with E-state index in [9.17, 15) is 14.7 Å². The van der Waals surface area contributed by atoms with Crippen LogP contribution in [0.2, 0.25) is 0 Å². The molecule has 1 heterocycles. The zero-order chi connectivity index (χ0) is 15.3. The molecule has 0 aromatic heterocycles. The molecule has 0 amide bonds. The first-order valence-electron chi connectivity index (χ1n) is 6.27. The molecule has 0 bridgehead atoms. The van der Waals surface area contributed by atoms with Crippen LogP contribution in [-0.4, -0.2) is 52.6 Å². The maximum absolute atomic E-state index is 11.2. The lowest BCUT2D eigenvalue weighted by atomic mass is 10.1. The molecule has 114 valence electrons. The third-order valence-electron chi connectivity index (χ3n) is 2.66. The van der Waals surface area contributed by atoms with Gasteiger partial charge in [0.1, 0.15) is 11.5 Å². The van der Waals surface area contributed by atoms with Crippen LogP contribution >= 0.6 is 11.8 Å². The molecule has 0 aliphatic carbocycles. The molecule has 7 heteroatoms. The smallest absolute Gasteiger partial charge is 0.303 e. The highest BCUT2D eigenvalue weighted by Crippen LogP contribution is 2.35. The first-order valence-corrected chi connectivity index (χ1v) is 7.32. The van der Waals surface area contributed by atoms with Gasteiger partial charge in [-0.25, -0.2) is 0 Å². The van der Waals surface area contributed by atoms with Crippen molar-refractivity contribution < 1.29 is 28.9 Å². The number of hydrogen-bond acceptors (Lipinski definition) is 7. The Balaban J connectivity index is 2.92. The van der Waals surface area contributed by atoms with Gasteiger partial charge in [0.15, 0.2) is 12.2 Å². The summed E-state index contributed by atoms with van der Waals surface area (Å²) in [5, 5.41) is 9.74. The Labute approximate surface area is 122 Å². The second-order valence-electron chi connectivity index (χ2n) is 4.48. The summed E-state index contributed by atoms with van der Waals surface area (Å²) in [6.45, 7) is 7.68. The van der Waals surface area contributed by atoms with E-state index in [0.717, 1.165) is 0 Å². The van der Waals surface area contributed by atoms with Crippen LogP contribution in [0.3, 0.4) is 0 Å². The maximum atomic E-state index is 11.2. The molecular weight excluding hydrogens is 284 g/mol. The molecule has 1 aliphatic heterocycles. The minimum atomic E-state index is -0.855. The highest BCUT2D eigenvalue weighted by Gasteiger charge is 2.50. The minimum Gasteiger partial charge on any atom is -0.456 e. The van der Waals surface area contributed by atoms with Crippen LogP contribution in [0.1, 0.15) is 20.8 Å². The quantitative estimate of drug-likeness (QED) is 0.576. The van der Waals surface area contributed by atoms with E-state index in [2.05, 4.69) is 6.58 Å². The van der Waals surface area contributed by atoms with Crippen LogP contribution in [0, 0.1) is 0 Å². The molecule has 0 aromatic carbocycles. The van der Waals surface area contributed by atoms with Crippen molar-refractivity contribution in [3.05, 3.63) is 12.7 Å². The predicted octanol–water partition coefficient (Wildman–Crippen LogP) is 0.875. The summed E-state index contributed by atoms with van der Waals surface area (Å²) < 4.78 is 16.0. The molecule has 20 heavy (non-hydrogen) atoms. The third kappa shape index (κ3) is 4.50. The summed E-state index contributed by atoms with van der Waals surface area (Å²) in [5.41, 5.74) is -0.513. The molecule has 2 unspecified atom stereocenters. The van der Waals surface area contributed by atoms with Crippen molar-refractivity contribution >= 4 is 23.7 Å². The number of ether oxygens (including phenoxy) is 3. The van der Waals surface area contributed by atoms with Gasteiger partial charge in [0.2, 0.25) is 0 Å². The van der Waals surface area contributed by atoms with Gasteiger partial charge in [-0.15, -0.1) is 18.3 Å². The van der Waals surface area contributed by atoms with Crippen LogP contribution in [0.25, 0.3) is 0 Å². The van der Waals surface area contributed by atoms with Crippen molar-refractivity contribution in [2.45, 2.75) is 50.6 Å². The third-order valence-corrected chi connectivity index (χ3v) is 3.80. The van der Waals surface area contributed by atoms with E-state index in [4.69, 9.17) is 14.2 Å². The van der Waals surface area contributed by atoms with Crippen molar-refractivity contribution in [3.8, 4) is 0 Å². The first-order chi connectivity index (χ1) is 9.36. The molecule has 0 radical (unpaired) electrons. The molecule has 6 nitrogen and oxygen atoms in total. The largest absolute Gasteiger partial charge is 0.456 e. The number of hydrogen-bond donors (Lipinski definition) is 1. The lowest BCUT2D eigenvalue weighted by molar-refractivity contribution is -0.165. The Morgan fingerprint density at radius 3 is 2.35 bits per heavy atom. The summed E-state index contributed by atoms with van der Waals surface area (Å²) in [6, 6.07) is 0. The number of aliphatic hydroxyl groups excluding tert-OH is 1. The van der Waals surface area contributed by atoms with Crippen molar-refractivity contribution in [2.75, 3.05) is 5.75 Å². The van der Waals surface area contributed by atoms with Gasteiger partial charge in [-0.1, -0.05) is 6.08 Å². The van der Waals surface area contributed by atoms with Crippen molar-refractivity contribution in [1.29, 1.82) is 0 Å². The lowest BCUT2D eigenvalue weighted by Crippen LogP contribution is -2.42. The van der Waals surface area contributed by atoms with Gasteiger partial charge in [0, 0.05) is 19.6 Å². The second kappa shape index (κ2) is 7.66. The van der Waals surface area contributed by atoms with Crippen molar-refractivity contribution in [1.82, 2.24) is 0 Å². The fraction of sp³-hybridized carbons (Fsp3) is 0.692. The zero-order valence-corrected chi connectivity index (χ0v) is 12.6. The highest BCUT2D eigenvalue weighted by molar-refractivity contribution is 7.99. The molecular formula is C13H20O6S. The topological polar surface area (TPSA) is 82.1 Å². The molecule has 0 spiro atoms. The van der Waals surface area contributed by atoms with Gasteiger partial charge in [-0.05, 0) is 6.92 Å². The first kappa shape index (κ1) is 17.0. The van der Waals surface area contributed by atoms with Gasteiger partial charge >= 0.3 is 11.9 Å². The standard InChI is InChI=1S/C13H20O6S/c1-5-6-20-13-12(18-9(4)16)11(17-8(3)15)10(19-13)7(2)14/h5,7,10-14H,1,6H2,2-4H3/t7?,10-,11-,12-,13?/m1/s1. The van der Waals surface area contributed by atoms with E-state index < -0.39 is 41.8 Å². The molecule has 1 rings (SSSR count). The summed E-state index contributed by atoms with van der Waals surface area (Å²) in [6.07, 6.45) is -1.47. The summed E-state index contributed by atoms with van der Waals surface area (Å²) >= 11 is 1.37. The molecule has 0 saturated carbocycles. The highest BCUT2D eigenvalue weighted by atomic mass is 32.2. The number of rotatable bonds is 6. The van der Waals surface area contributed by atoms with Crippen LogP contribution < -0.4 is 0 Å². The van der Waals surface area contributed by atoms with Crippen LogP contribution in [0.5, 0.6) is 0 Å². The lowest BCUT2D eigenvalue weighted by Gasteiger charge is -2.24. The van der Waals surface area contributed by atoms with Gasteiger partial charge in [0.25, 0.3) is 0 Å².